The van der Waals surface area contributed by atoms with Crippen LogP contribution >= 0.6 is 0 Å². The van der Waals surface area contributed by atoms with Crippen LogP contribution in [0.2, 0.25) is 0 Å². The van der Waals surface area contributed by atoms with E-state index in [1.54, 1.807) is 6.33 Å². The van der Waals surface area contributed by atoms with Gasteiger partial charge < -0.3 is 10.3 Å². The SMILES string of the molecule is Cn1cnnc1C1CCCCC1CN. The zero-order valence-electron chi connectivity index (χ0n) is 8.69. The predicted molar refractivity (Wildman–Crippen MR) is 54.8 cm³/mol. The highest BCUT2D eigenvalue weighted by atomic mass is 15.2. The number of nitrogens with zero attached hydrogens (tertiary/aromatic N) is 3. The molecule has 0 aliphatic heterocycles. The molecule has 0 radical (unpaired) electrons. The van der Waals surface area contributed by atoms with E-state index in [0.717, 1.165) is 12.4 Å². The van der Waals surface area contributed by atoms with E-state index in [1.165, 1.54) is 25.7 Å². The molecule has 2 unspecified atom stereocenters. The minimum Gasteiger partial charge on any atom is -0.330 e. The van der Waals surface area contributed by atoms with Gasteiger partial charge in [0.25, 0.3) is 0 Å². The Hall–Kier alpha value is -0.900. The van der Waals surface area contributed by atoms with Crippen LogP contribution in [0.4, 0.5) is 0 Å². The summed E-state index contributed by atoms with van der Waals surface area (Å²) in [5.41, 5.74) is 5.79. The average molecular weight is 194 g/mol. The van der Waals surface area contributed by atoms with Crippen molar-refractivity contribution < 1.29 is 0 Å². The van der Waals surface area contributed by atoms with Crippen LogP contribution in [0, 0.1) is 5.92 Å². The van der Waals surface area contributed by atoms with Crippen LogP contribution < -0.4 is 5.73 Å². The third-order valence-electron chi connectivity index (χ3n) is 3.29. The van der Waals surface area contributed by atoms with Crippen molar-refractivity contribution in [2.24, 2.45) is 18.7 Å². The molecule has 0 spiro atoms. The maximum Gasteiger partial charge on any atom is 0.135 e. The zero-order chi connectivity index (χ0) is 9.97. The van der Waals surface area contributed by atoms with E-state index in [9.17, 15) is 0 Å². The molecule has 2 N–H and O–H groups in total. The molecule has 2 rings (SSSR count). The largest absolute Gasteiger partial charge is 0.330 e. The fourth-order valence-electron chi connectivity index (χ4n) is 2.46. The normalized spacial score (nSPS) is 27.9. The minimum atomic E-state index is 0.529. The summed E-state index contributed by atoms with van der Waals surface area (Å²) in [4.78, 5) is 0. The van der Waals surface area contributed by atoms with Gasteiger partial charge >= 0.3 is 0 Å². The molecule has 4 heteroatoms. The Labute approximate surface area is 84.5 Å². The third kappa shape index (κ3) is 1.66. The highest BCUT2D eigenvalue weighted by molar-refractivity contribution is 5.00. The molecule has 2 atom stereocenters. The molecule has 0 amide bonds. The summed E-state index contributed by atoms with van der Waals surface area (Å²) in [7, 11) is 2.01. The van der Waals surface area contributed by atoms with Crippen molar-refractivity contribution in [3.63, 3.8) is 0 Å². The van der Waals surface area contributed by atoms with Gasteiger partial charge in [0.05, 0.1) is 0 Å². The Kier molecular flexibility index (Phi) is 2.82. The zero-order valence-corrected chi connectivity index (χ0v) is 8.69. The van der Waals surface area contributed by atoms with Gasteiger partial charge in [-0.25, -0.2) is 0 Å². The van der Waals surface area contributed by atoms with Gasteiger partial charge in [-0.3, -0.25) is 0 Å². The third-order valence-corrected chi connectivity index (χ3v) is 3.29. The van der Waals surface area contributed by atoms with Crippen LogP contribution in [-0.2, 0) is 7.05 Å². The molecule has 1 fully saturated rings. The van der Waals surface area contributed by atoms with Crippen molar-refractivity contribution in [1.82, 2.24) is 14.8 Å². The summed E-state index contributed by atoms with van der Waals surface area (Å²) >= 11 is 0. The Morgan fingerprint density at radius 1 is 1.50 bits per heavy atom. The van der Waals surface area contributed by atoms with E-state index >= 15 is 0 Å². The molecule has 0 bridgehead atoms. The molecule has 78 valence electrons. The van der Waals surface area contributed by atoms with E-state index in [0.29, 0.717) is 11.8 Å². The molecule has 4 nitrogen and oxygen atoms in total. The maximum atomic E-state index is 5.79. The first-order valence-electron chi connectivity index (χ1n) is 5.37. The monoisotopic (exact) mass is 194 g/mol. The van der Waals surface area contributed by atoms with E-state index in [-0.39, 0.29) is 0 Å². The summed E-state index contributed by atoms with van der Waals surface area (Å²) < 4.78 is 2.03. The van der Waals surface area contributed by atoms with Gasteiger partial charge in [-0.15, -0.1) is 10.2 Å². The molecule has 0 saturated heterocycles. The second-order valence-electron chi connectivity index (χ2n) is 4.19. The number of aryl methyl sites for hydroxylation is 1. The van der Waals surface area contributed by atoms with Crippen LogP contribution in [0.15, 0.2) is 6.33 Å². The maximum absolute atomic E-state index is 5.79. The van der Waals surface area contributed by atoms with Crippen molar-refractivity contribution in [2.45, 2.75) is 31.6 Å². The molecule has 1 heterocycles. The minimum absolute atomic E-state index is 0.529. The second-order valence-corrected chi connectivity index (χ2v) is 4.19. The van der Waals surface area contributed by atoms with E-state index in [1.807, 2.05) is 11.6 Å². The lowest BCUT2D eigenvalue weighted by atomic mass is 9.79. The quantitative estimate of drug-likeness (QED) is 0.765. The molecular formula is C10H18N4. The Morgan fingerprint density at radius 3 is 2.93 bits per heavy atom. The molecule has 1 aromatic heterocycles. The van der Waals surface area contributed by atoms with Crippen molar-refractivity contribution in [3.05, 3.63) is 12.2 Å². The van der Waals surface area contributed by atoms with Crippen LogP contribution in [-0.4, -0.2) is 21.3 Å². The average Bonchev–Trinajstić information content (AvgIpc) is 2.64. The summed E-state index contributed by atoms with van der Waals surface area (Å²) in [6.45, 7) is 0.775. The highest BCUT2D eigenvalue weighted by Gasteiger charge is 2.28. The lowest BCUT2D eigenvalue weighted by Crippen LogP contribution is -2.27. The highest BCUT2D eigenvalue weighted by Crippen LogP contribution is 2.35. The molecule has 1 aromatic rings. The molecule has 1 aliphatic carbocycles. The first-order valence-corrected chi connectivity index (χ1v) is 5.37. The molecule has 1 saturated carbocycles. The topological polar surface area (TPSA) is 56.7 Å². The second kappa shape index (κ2) is 4.09. The number of rotatable bonds is 2. The lowest BCUT2D eigenvalue weighted by molar-refractivity contribution is 0.299. The van der Waals surface area contributed by atoms with Gasteiger partial charge in [-0.2, -0.15) is 0 Å². The first kappa shape index (κ1) is 9.65. The van der Waals surface area contributed by atoms with E-state index in [2.05, 4.69) is 10.2 Å². The van der Waals surface area contributed by atoms with Crippen LogP contribution in [0.3, 0.4) is 0 Å². The smallest absolute Gasteiger partial charge is 0.135 e. The van der Waals surface area contributed by atoms with E-state index in [4.69, 9.17) is 5.73 Å². The summed E-state index contributed by atoms with van der Waals surface area (Å²) in [6, 6.07) is 0. The van der Waals surface area contributed by atoms with Gasteiger partial charge in [-0.1, -0.05) is 12.8 Å². The molecule has 14 heavy (non-hydrogen) atoms. The first-order chi connectivity index (χ1) is 6.83. The van der Waals surface area contributed by atoms with Crippen LogP contribution in [0.25, 0.3) is 0 Å². The lowest BCUT2D eigenvalue weighted by Gasteiger charge is -2.29. The predicted octanol–water partition coefficient (Wildman–Crippen LogP) is 1.05. The number of aromatic nitrogens is 3. The molecule has 1 aliphatic rings. The Morgan fingerprint density at radius 2 is 2.29 bits per heavy atom. The van der Waals surface area contributed by atoms with E-state index < -0.39 is 0 Å². The number of hydrogen-bond acceptors (Lipinski definition) is 3. The fourth-order valence-corrected chi connectivity index (χ4v) is 2.46. The van der Waals surface area contributed by atoms with Crippen LogP contribution in [0.5, 0.6) is 0 Å². The number of nitrogens with two attached hydrogens (primary N) is 1. The molecule has 0 aromatic carbocycles. The summed E-state index contributed by atoms with van der Waals surface area (Å²) in [6.07, 6.45) is 6.85. The van der Waals surface area contributed by atoms with Crippen molar-refractivity contribution in [3.8, 4) is 0 Å². The molecular weight excluding hydrogens is 176 g/mol. The van der Waals surface area contributed by atoms with Crippen LogP contribution in [0.1, 0.15) is 37.4 Å². The fraction of sp³-hybridized carbons (Fsp3) is 0.800. The number of hydrogen-bond donors (Lipinski definition) is 1. The van der Waals surface area contributed by atoms with Crippen molar-refractivity contribution >= 4 is 0 Å². The Bertz CT molecular complexity index is 294. The van der Waals surface area contributed by atoms with Crippen molar-refractivity contribution in [2.75, 3.05) is 6.54 Å². The summed E-state index contributed by atoms with van der Waals surface area (Å²) in [5.74, 6) is 2.24. The summed E-state index contributed by atoms with van der Waals surface area (Å²) in [5, 5.41) is 8.13. The van der Waals surface area contributed by atoms with Gasteiger partial charge in [0, 0.05) is 13.0 Å². The Balaban J connectivity index is 2.19. The van der Waals surface area contributed by atoms with Gasteiger partial charge in [-0.05, 0) is 25.3 Å². The van der Waals surface area contributed by atoms with Gasteiger partial charge in [0.2, 0.25) is 0 Å². The van der Waals surface area contributed by atoms with Crippen molar-refractivity contribution in [1.29, 1.82) is 0 Å². The van der Waals surface area contributed by atoms with Gasteiger partial charge in [0.15, 0.2) is 0 Å². The van der Waals surface area contributed by atoms with Gasteiger partial charge in [0.1, 0.15) is 12.2 Å². The standard InChI is InChI=1S/C10H18N4/c1-14-7-12-13-10(14)9-5-3-2-4-8(9)6-11/h7-9H,2-6,11H2,1H3.